The zero-order chi connectivity index (χ0) is 19.1. The van der Waals surface area contributed by atoms with Gasteiger partial charge in [-0.3, -0.25) is 9.59 Å². The quantitative estimate of drug-likeness (QED) is 0.886. The summed E-state index contributed by atoms with van der Waals surface area (Å²) >= 11 is 0. The summed E-state index contributed by atoms with van der Waals surface area (Å²) < 4.78 is 5.41. The minimum Gasteiger partial charge on any atom is -0.360 e. The molecule has 3 aliphatic rings. The Bertz CT molecular complexity index is 897. The van der Waals surface area contributed by atoms with Crippen LogP contribution in [0.25, 0.3) is 0 Å². The van der Waals surface area contributed by atoms with Crippen molar-refractivity contribution in [2.75, 3.05) is 18.4 Å². The van der Waals surface area contributed by atoms with Gasteiger partial charge in [0.05, 0.1) is 0 Å². The van der Waals surface area contributed by atoms with E-state index in [2.05, 4.69) is 10.5 Å². The van der Waals surface area contributed by atoms with Gasteiger partial charge in [0, 0.05) is 36.7 Å². The van der Waals surface area contributed by atoms with E-state index in [1.807, 2.05) is 35.2 Å². The second-order valence-corrected chi connectivity index (χ2v) is 8.41. The molecule has 1 saturated carbocycles. The summed E-state index contributed by atoms with van der Waals surface area (Å²) in [6.07, 6.45) is 6.66. The van der Waals surface area contributed by atoms with Gasteiger partial charge in [-0.05, 0) is 56.1 Å². The Hall–Kier alpha value is -2.63. The van der Waals surface area contributed by atoms with Gasteiger partial charge in [0.2, 0.25) is 5.91 Å². The molecule has 5 rings (SSSR count). The molecule has 28 heavy (non-hydrogen) atoms. The van der Waals surface area contributed by atoms with E-state index in [-0.39, 0.29) is 23.1 Å². The number of benzene rings is 1. The van der Waals surface area contributed by atoms with Crippen molar-refractivity contribution in [3.8, 4) is 0 Å². The lowest BCUT2D eigenvalue weighted by Crippen LogP contribution is -2.40. The van der Waals surface area contributed by atoms with Gasteiger partial charge in [-0.15, -0.1) is 0 Å². The van der Waals surface area contributed by atoms with Gasteiger partial charge in [0.25, 0.3) is 5.91 Å². The van der Waals surface area contributed by atoms with E-state index in [1.54, 1.807) is 0 Å². The van der Waals surface area contributed by atoms with Crippen molar-refractivity contribution >= 4 is 17.5 Å². The lowest BCUT2D eigenvalue weighted by molar-refractivity contribution is -0.118. The molecule has 2 aliphatic carbocycles. The summed E-state index contributed by atoms with van der Waals surface area (Å²) in [6.45, 7) is 1.38. The molecule has 1 saturated heterocycles. The maximum absolute atomic E-state index is 12.9. The van der Waals surface area contributed by atoms with Crippen LogP contribution in [0.15, 0.2) is 34.9 Å². The zero-order valence-corrected chi connectivity index (χ0v) is 15.9. The molecule has 1 atom stereocenters. The molecule has 0 unspecified atom stereocenters. The van der Waals surface area contributed by atoms with Crippen LogP contribution in [-0.2, 0) is 17.6 Å². The number of piperidine rings is 1. The SMILES string of the molecule is O=C(Nc1ccccc1)[C@@H]1CC12CCN(C(=O)c1noc3c1CCCC3)CC2. The minimum atomic E-state index is -0.00677. The highest BCUT2D eigenvalue weighted by molar-refractivity contribution is 5.96. The molecule has 0 bridgehead atoms. The maximum Gasteiger partial charge on any atom is 0.276 e. The van der Waals surface area contributed by atoms with Crippen LogP contribution in [0.3, 0.4) is 0 Å². The number of hydrogen-bond donors (Lipinski definition) is 1. The normalized spacial score (nSPS) is 22.6. The topological polar surface area (TPSA) is 75.4 Å². The number of nitrogens with zero attached hydrogens (tertiary/aromatic N) is 2. The Morgan fingerprint density at radius 2 is 1.86 bits per heavy atom. The Kier molecular flexibility index (Phi) is 4.22. The van der Waals surface area contributed by atoms with E-state index in [0.29, 0.717) is 18.8 Å². The Morgan fingerprint density at radius 1 is 1.11 bits per heavy atom. The van der Waals surface area contributed by atoms with Gasteiger partial charge in [-0.1, -0.05) is 23.4 Å². The molecular formula is C22H25N3O3. The number of nitrogens with one attached hydrogen (secondary N) is 1. The molecule has 2 fully saturated rings. The largest absolute Gasteiger partial charge is 0.360 e. The maximum atomic E-state index is 12.9. The monoisotopic (exact) mass is 379 g/mol. The fraction of sp³-hybridized carbons (Fsp3) is 0.500. The third-order valence-electron chi connectivity index (χ3n) is 6.75. The zero-order valence-electron chi connectivity index (χ0n) is 15.9. The van der Waals surface area contributed by atoms with Gasteiger partial charge in [0.1, 0.15) is 5.76 Å². The van der Waals surface area contributed by atoms with Crippen LogP contribution in [0.2, 0.25) is 0 Å². The number of amides is 2. The molecule has 6 nitrogen and oxygen atoms in total. The molecule has 1 N–H and O–H groups in total. The third-order valence-corrected chi connectivity index (χ3v) is 6.75. The van der Waals surface area contributed by atoms with Crippen molar-refractivity contribution in [1.29, 1.82) is 0 Å². The molecule has 2 heterocycles. The van der Waals surface area contributed by atoms with Crippen molar-refractivity contribution in [2.45, 2.75) is 44.9 Å². The van der Waals surface area contributed by atoms with E-state index in [1.165, 1.54) is 0 Å². The van der Waals surface area contributed by atoms with Crippen molar-refractivity contribution in [2.24, 2.45) is 11.3 Å². The Balaban J connectivity index is 1.20. The molecule has 0 radical (unpaired) electrons. The molecular weight excluding hydrogens is 354 g/mol. The summed E-state index contributed by atoms with van der Waals surface area (Å²) in [6, 6.07) is 9.60. The van der Waals surface area contributed by atoms with Crippen molar-refractivity contribution in [3.05, 3.63) is 47.3 Å². The van der Waals surface area contributed by atoms with Gasteiger partial charge in [-0.25, -0.2) is 0 Å². The highest BCUT2D eigenvalue weighted by Gasteiger charge is 2.58. The molecule has 146 valence electrons. The lowest BCUT2D eigenvalue weighted by Gasteiger charge is -2.32. The van der Waals surface area contributed by atoms with Crippen LogP contribution >= 0.6 is 0 Å². The first-order chi connectivity index (χ1) is 13.7. The Morgan fingerprint density at radius 3 is 2.64 bits per heavy atom. The summed E-state index contributed by atoms with van der Waals surface area (Å²) in [5.41, 5.74) is 2.44. The number of carbonyl (C=O) groups is 2. The summed E-state index contributed by atoms with van der Waals surface area (Å²) in [4.78, 5) is 27.4. The number of hydrogen-bond acceptors (Lipinski definition) is 4. The van der Waals surface area contributed by atoms with Gasteiger partial charge in [-0.2, -0.15) is 0 Å². The predicted octanol–water partition coefficient (Wildman–Crippen LogP) is 3.43. The molecule has 1 aromatic heterocycles. The van der Waals surface area contributed by atoms with E-state index < -0.39 is 0 Å². The first-order valence-corrected chi connectivity index (χ1v) is 10.3. The molecule has 1 aliphatic heterocycles. The fourth-order valence-corrected chi connectivity index (χ4v) is 4.88. The molecule has 2 aromatic rings. The van der Waals surface area contributed by atoms with Crippen LogP contribution in [0.4, 0.5) is 5.69 Å². The number of para-hydroxylation sites is 1. The first kappa shape index (κ1) is 17.5. The fourth-order valence-electron chi connectivity index (χ4n) is 4.88. The van der Waals surface area contributed by atoms with Gasteiger partial charge in [0.15, 0.2) is 5.69 Å². The highest BCUT2D eigenvalue weighted by atomic mass is 16.5. The highest BCUT2D eigenvalue weighted by Crippen LogP contribution is 2.59. The van der Waals surface area contributed by atoms with Crippen molar-refractivity contribution in [1.82, 2.24) is 10.1 Å². The molecule has 6 heteroatoms. The number of fused-ring (bicyclic) bond motifs is 1. The molecule has 2 amide bonds. The third kappa shape index (κ3) is 3.01. The smallest absolute Gasteiger partial charge is 0.276 e. The van der Waals surface area contributed by atoms with E-state index in [9.17, 15) is 9.59 Å². The van der Waals surface area contributed by atoms with E-state index >= 15 is 0 Å². The standard InChI is InChI=1S/C22H25N3O3/c26-20(23-15-6-2-1-3-7-15)17-14-22(17)10-12-25(13-11-22)21(27)19-16-8-4-5-9-18(16)28-24-19/h1-3,6-7,17H,4-5,8-14H2,(H,23,26)/t17-/m0/s1. The van der Waals surface area contributed by atoms with Gasteiger partial charge < -0.3 is 14.7 Å². The Labute approximate surface area is 164 Å². The summed E-state index contributed by atoms with van der Waals surface area (Å²) in [7, 11) is 0. The van der Waals surface area contributed by atoms with E-state index in [0.717, 1.165) is 62.0 Å². The van der Waals surface area contributed by atoms with Crippen LogP contribution in [0.5, 0.6) is 0 Å². The van der Waals surface area contributed by atoms with Crippen LogP contribution < -0.4 is 5.32 Å². The minimum absolute atomic E-state index is 0.00677. The average Bonchev–Trinajstić information content (AvgIpc) is 3.26. The average molecular weight is 379 g/mol. The molecule has 1 spiro atoms. The van der Waals surface area contributed by atoms with Crippen molar-refractivity contribution < 1.29 is 14.1 Å². The van der Waals surface area contributed by atoms with Crippen LogP contribution in [0.1, 0.15) is 53.9 Å². The molecule has 1 aromatic carbocycles. The van der Waals surface area contributed by atoms with Gasteiger partial charge >= 0.3 is 0 Å². The summed E-state index contributed by atoms with van der Waals surface area (Å²) in [5.74, 6) is 1.05. The number of carbonyl (C=O) groups excluding carboxylic acids is 2. The summed E-state index contributed by atoms with van der Waals surface area (Å²) in [5, 5.41) is 7.11. The number of anilines is 1. The van der Waals surface area contributed by atoms with E-state index in [4.69, 9.17) is 4.52 Å². The second-order valence-electron chi connectivity index (χ2n) is 8.41. The van der Waals surface area contributed by atoms with Crippen molar-refractivity contribution in [3.63, 3.8) is 0 Å². The number of likely N-dealkylation sites (tertiary alicyclic amines) is 1. The number of aromatic nitrogens is 1. The first-order valence-electron chi connectivity index (χ1n) is 10.3. The second kappa shape index (κ2) is 6.76. The number of aryl methyl sites for hydroxylation is 1. The number of rotatable bonds is 3. The lowest BCUT2D eigenvalue weighted by atomic mass is 9.90. The van der Waals surface area contributed by atoms with Crippen LogP contribution in [-0.4, -0.2) is 35.0 Å². The predicted molar refractivity (Wildman–Crippen MR) is 104 cm³/mol. The van der Waals surface area contributed by atoms with Crippen LogP contribution in [0, 0.1) is 11.3 Å².